The summed E-state index contributed by atoms with van der Waals surface area (Å²) >= 11 is 10.3. The first-order valence-electron chi connectivity index (χ1n) is 4.93. The van der Waals surface area contributed by atoms with Crippen molar-refractivity contribution in [3.05, 3.63) is 44.7 Å². The van der Waals surface area contributed by atoms with Crippen LogP contribution < -0.4 is 4.72 Å². The number of anilines is 1. The van der Waals surface area contributed by atoms with Crippen molar-refractivity contribution in [2.75, 3.05) is 4.72 Å². The second-order valence-corrected chi connectivity index (χ2v) is 8.08. The Balaban J connectivity index is 2.33. The van der Waals surface area contributed by atoms with Crippen molar-refractivity contribution in [2.45, 2.75) is 11.1 Å². The van der Waals surface area contributed by atoms with Crippen LogP contribution in [0.4, 0.5) is 5.69 Å². The lowest BCUT2D eigenvalue weighted by Gasteiger charge is -2.08. The minimum atomic E-state index is -3.53. The normalized spacial score (nSPS) is 11.5. The lowest BCUT2D eigenvalue weighted by molar-refractivity contribution is 0.603. The van der Waals surface area contributed by atoms with E-state index < -0.39 is 10.0 Å². The molecule has 1 aromatic heterocycles. The van der Waals surface area contributed by atoms with Gasteiger partial charge in [0.2, 0.25) is 0 Å². The molecule has 3 nitrogen and oxygen atoms in total. The molecule has 0 atom stereocenters. The summed E-state index contributed by atoms with van der Waals surface area (Å²) in [5.74, 6) is 0. The quantitative estimate of drug-likeness (QED) is 0.881. The average Bonchev–Trinajstić information content (AvgIpc) is 2.70. The van der Waals surface area contributed by atoms with Gasteiger partial charge in [0, 0.05) is 14.4 Å². The lowest BCUT2D eigenvalue weighted by atomic mass is 10.3. The van der Waals surface area contributed by atoms with E-state index in [-0.39, 0.29) is 0 Å². The summed E-state index contributed by atoms with van der Waals surface area (Å²) in [6, 6.07) is 8.25. The molecule has 2 rings (SSSR count). The second kappa shape index (κ2) is 5.21. The van der Waals surface area contributed by atoms with E-state index >= 15 is 0 Å². The van der Waals surface area contributed by atoms with E-state index in [9.17, 15) is 8.42 Å². The molecule has 0 fully saturated rings. The highest BCUT2D eigenvalue weighted by atomic mass is 79.9. The molecular formula is C11H9BrClNO2S2. The molecule has 1 N–H and O–H groups in total. The summed E-state index contributed by atoms with van der Waals surface area (Å²) in [5.41, 5.74) is 0.463. The highest BCUT2D eigenvalue weighted by Crippen LogP contribution is 2.29. The van der Waals surface area contributed by atoms with Crippen LogP contribution in [0.25, 0.3) is 0 Å². The molecule has 1 heterocycles. The summed E-state index contributed by atoms with van der Waals surface area (Å²) in [5, 5.41) is 0.539. The van der Waals surface area contributed by atoms with Gasteiger partial charge in [-0.3, -0.25) is 4.72 Å². The summed E-state index contributed by atoms with van der Waals surface area (Å²) in [6.45, 7) is 1.86. The van der Waals surface area contributed by atoms with Gasteiger partial charge in [-0.1, -0.05) is 11.6 Å². The molecule has 0 amide bonds. The van der Waals surface area contributed by atoms with Gasteiger partial charge < -0.3 is 0 Å². The van der Waals surface area contributed by atoms with Crippen molar-refractivity contribution in [3.63, 3.8) is 0 Å². The molecule has 2 aromatic rings. The third kappa shape index (κ3) is 3.06. The highest BCUT2D eigenvalue weighted by molar-refractivity contribution is 9.10. The van der Waals surface area contributed by atoms with Crippen molar-refractivity contribution in [1.82, 2.24) is 0 Å². The van der Waals surface area contributed by atoms with Crippen LogP contribution in [0.5, 0.6) is 0 Å². The zero-order valence-electron chi connectivity index (χ0n) is 9.28. The molecule has 0 unspecified atom stereocenters. The fraction of sp³-hybridized carbons (Fsp3) is 0.0909. The standard InChI is InChI=1S/C11H9BrClNO2S2/c1-7-2-5-11(17-7)18(15,16)14-10-4-3-8(13)6-9(10)12/h2-6,14H,1H3. The minimum Gasteiger partial charge on any atom is -0.278 e. The number of thiophene rings is 1. The largest absolute Gasteiger partial charge is 0.278 e. The van der Waals surface area contributed by atoms with Gasteiger partial charge in [0.15, 0.2) is 0 Å². The van der Waals surface area contributed by atoms with Crippen molar-refractivity contribution in [1.29, 1.82) is 0 Å². The maximum atomic E-state index is 12.1. The Morgan fingerprint density at radius 2 is 2.00 bits per heavy atom. The number of benzene rings is 1. The highest BCUT2D eigenvalue weighted by Gasteiger charge is 2.17. The van der Waals surface area contributed by atoms with E-state index in [2.05, 4.69) is 20.7 Å². The van der Waals surface area contributed by atoms with E-state index in [1.807, 2.05) is 6.92 Å². The molecule has 0 aliphatic rings. The minimum absolute atomic E-state index is 0.293. The maximum absolute atomic E-state index is 12.1. The summed E-state index contributed by atoms with van der Waals surface area (Å²) in [4.78, 5) is 0.950. The fourth-order valence-electron chi connectivity index (χ4n) is 1.32. The Kier molecular flexibility index (Phi) is 4.01. The fourth-order valence-corrected chi connectivity index (χ4v) is 4.60. The molecule has 0 bridgehead atoms. The van der Waals surface area contributed by atoms with Crippen LogP contribution in [0.3, 0.4) is 0 Å². The monoisotopic (exact) mass is 365 g/mol. The van der Waals surface area contributed by atoms with Crippen LogP contribution in [0.15, 0.2) is 39.0 Å². The first-order chi connectivity index (χ1) is 8.38. The van der Waals surface area contributed by atoms with Gasteiger partial charge in [-0.25, -0.2) is 8.42 Å². The molecule has 0 radical (unpaired) electrons. The van der Waals surface area contributed by atoms with Crippen molar-refractivity contribution in [3.8, 4) is 0 Å². The van der Waals surface area contributed by atoms with Gasteiger partial charge in [0.25, 0.3) is 10.0 Å². The van der Waals surface area contributed by atoms with Crippen LogP contribution in [0.2, 0.25) is 5.02 Å². The van der Waals surface area contributed by atoms with Crippen LogP contribution in [0, 0.1) is 6.92 Å². The molecular weight excluding hydrogens is 358 g/mol. The van der Waals surface area contributed by atoms with Gasteiger partial charge in [0.1, 0.15) is 4.21 Å². The number of aryl methyl sites for hydroxylation is 1. The summed E-state index contributed by atoms with van der Waals surface area (Å²) in [6.07, 6.45) is 0. The average molecular weight is 367 g/mol. The van der Waals surface area contributed by atoms with E-state index in [1.165, 1.54) is 11.3 Å². The number of nitrogens with one attached hydrogen (secondary N) is 1. The number of hydrogen-bond donors (Lipinski definition) is 1. The van der Waals surface area contributed by atoms with Crippen LogP contribution >= 0.6 is 38.9 Å². The molecule has 7 heteroatoms. The predicted octanol–water partition coefficient (Wildman–Crippen LogP) is 4.27. The van der Waals surface area contributed by atoms with Crippen molar-refractivity contribution < 1.29 is 8.42 Å². The molecule has 18 heavy (non-hydrogen) atoms. The zero-order chi connectivity index (χ0) is 13.3. The lowest BCUT2D eigenvalue weighted by Crippen LogP contribution is -2.11. The Morgan fingerprint density at radius 3 is 2.56 bits per heavy atom. The SMILES string of the molecule is Cc1ccc(S(=O)(=O)Nc2ccc(Cl)cc2Br)s1. The zero-order valence-corrected chi connectivity index (χ0v) is 13.3. The van der Waals surface area contributed by atoms with Crippen LogP contribution in [0.1, 0.15) is 4.88 Å². The van der Waals surface area contributed by atoms with Gasteiger partial charge in [-0.05, 0) is 53.2 Å². The Morgan fingerprint density at radius 1 is 1.28 bits per heavy atom. The van der Waals surface area contributed by atoms with Gasteiger partial charge >= 0.3 is 0 Å². The summed E-state index contributed by atoms with van der Waals surface area (Å²) < 4.78 is 27.6. The van der Waals surface area contributed by atoms with E-state index in [0.717, 1.165) is 4.88 Å². The number of hydrogen-bond acceptors (Lipinski definition) is 3. The predicted molar refractivity (Wildman–Crippen MR) is 79.0 cm³/mol. The Hall–Kier alpha value is -0.560. The van der Waals surface area contributed by atoms with E-state index in [4.69, 9.17) is 11.6 Å². The van der Waals surface area contributed by atoms with Gasteiger partial charge in [-0.15, -0.1) is 11.3 Å². The third-order valence-electron chi connectivity index (χ3n) is 2.16. The summed E-state index contributed by atoms with van der Waals surface area (Å²) in [7, 11) is -3.53. The van der Waals surface area contributed by atoms with Crippen molar-refractivity contribution in [2.24, 2.45) is 0 Å². The maximum Gasteiger partial charge on any atom is 0.271 e. The Bertz CT molecular complexity index is 682. The van der Waals surface area contributed by atoms with Crippen LogP contribution in [-0.2, 0) is 10.0 Å². The molecule has 0 saturated carbocycles. The third-order valence-corrected chi connectivity index (χ3v) is 5.91. The molecule has 0 aliphatic carbocycles. The van der Waals surface area contributed by atoms with Crippen LogP contribution in [-0.4, -0.2) is 8.42 Å². The molecule has 0 saturated heterocycles. The molecule has 1 aromatic carbocycles. The number of halogens is 2. The first-order valence-corrected chi connectivity index (χ1v) is 8.40. The van der Waals surface area contributed by atoms with Crippen molar-refractivity contribution >= 4 is 54.6 Å². The van der Waals surface area contributed by atoms with Gasteiger partial charge in [0.05, 0.1) is 5.69 Å². The number of rotatable bonds is 3. The molecule has 0 aliphatic heterocycles. The molecule has 96 valence electrons. The van der Waals surface area contributed by atoms with E-state index in [1.54, 1.807) is 30.3 Å². The van der Waals surface area contributed by atoms with E-state index in [0.29, 0.717) is 19.4 Å². The second-order valence-electron chi connectivity index (χ2n) is 3.59. The molecule has 0 spiro atoms. The van der Waals surface area contributed by atoms with Gasteiger partial charge in [-0.2, -0.15) is 0 Å². The Labute approximate surface area is 123 Å². The first kappa shape index (κ1) is 13.9. The topological polar surface area (TPSA) is 46.2 Å². The smallest absolute Gasteiger partial charge is 0.271 e. The number of sulfonamides is 1.